The van der Waals surface area contributed by atoms with Crippen molar-refractivity contribution >= 4 is 19.7 Å². The fraction of sp³-hybridized carbons (Fsp3) is 0.625. The summed E-state index contributed by atoms with van der Waals surface area (Å²) in [6, 6.07) is 1.67. The molecule has 1 aliphatic rings. The highest BCUT2D eigenvalue weighted by molar-refractivity contribution is 8.13. The Balaban J connectivity index is 2.18. The van der Waals surface area contributed by atoms with Gasteiger partial charge in [0.15, 0.2) is 0 Å². The lowest BCUT2D eigenvalue weighted by molar-refractivity contribution is 0.356. The highest BCUT2D eigenvalue weighted by atomic mass is 35.7. The van der Waals surface area contributed by atoms with E-state index in [4.69, 9.17) is 15.2 Å². The van der Waals surface area contributed by atoms with Crippen LogP contribution in [0.2, 0.25) is 0 Å². The highest BCUT2D eigenvalue weighted by Gasteiger charge is 2.42. The number of aromatic nitrogens is 1. The van der Waals surface area contributed by atoms with Crippen LogP contribution in [-0.2, 0) is 20.2 Å². The maximum absolute atomic E-state index is 10.8. The molecule has 0 atom stereocenters. The van der Waals surface area contributed by atoms with E-state index in [1.165, 1.54) is 0 Å². The quantitative estimate of drug-likeness (QED) is 0.750. The first kappa shape index (κ1) is 9.98. The topological polar surface area (TPSA) is 60.2 Å². The van der Waals surface area contributed by atoms with Crippen LogP contribution in [0.5, 0.6) is 0 Å². The van der Waals surface area contributed by atoms with Crippen LogP contribution < -0.4 is 0 Å². The van der Waals surface area contributed by atoms with Crippen molar-refractivity contribution in [2.45, 2.75) is 30.9 Å². The molecule has 0 unspecified atom stereocenters. The summed E-state index contributed by atoms with van der Waals surface area (Å²) in [7, 11) is 1.56. The monoisotopic (exact) mass is 235 g/mol. The van der Waals surface area contributed by atoms with Crippen molar-refractivity contribution in [1.82, 2.24) is 5.16 Å². The highest BCUT2D eigenvalue weighted by Crippen LogP contribution is 2.47. The molecule has 1 saturated carbocycles. The third-order valence-electron chi connectivity index (χ3n) is 2.47. The van der Waals surface area contributed by atoms with Crippen molar-refractivity contribution < 1.29 is 12.9 Å². The predicted molar refractivity (Wildman–Crippen MR) is 51.6 cm³/mol. The molecule has 0 radical (unpaired) electrons. The molecule has 4 nitrogen and oxygen atoms in total. The molecule has 0 amide bonds. The maximum Gasteiger partial charge on any atom is 0.238 e. The van der Waals surface area contributed by atoms with Crippen molar-refractivity contribution in [3.8, 4) is 0 Å². The average Bonchev–Trinajstić information content (AvgIpc) is 2.60. The van der Waals surface area contributed by atoms with Crippen molar-refractivity contribution in [1.29, 1.82) is 0 Å². The summed E-state index contributed by atoms with van der Waals surface area (Å²) in [6.45, 7) is 2.06. The van der Waals surface area contributed by atoms with Gasteiger partial charge < -0.3 is 4.52 Å². The maximum atomic E-state index is 10.8. The molecule has 0 spiro atoms. The van der Waals surface area contributed by atoms with Crippen molar-refractivity contribution in [3.63, 3.8) is 0 Å². The average molecular weight is 236 g/mol. The number of hydrogen-bond acceptors (Lipinski definition) is 4. The Hall–Kier alpha value is -0.550. The van der Waals surface area contributed by atoms with Crippen molar-refractivity contribution in [3.05, 3.63) is 17.5 Å². The lowest BCUT2D eigenvalue weighted by Gasteiger charge is -1.98. The minimum absolute atomic E-state index is 0.0708. The Labute approximate surface area is 86.6 Å². The van der Waals surface area contributed by atoms with Gasteiger partial charge in [-0.2, -0.15) is 0 Å². The van der Waals surface area contributed by atoms with E-state index in [0.717, 1.165) is 18.6 Å². The number of nitrogens with zero attached hydrogens (tertiary/aromatic N) is 1. The number of hydrogen-bond donors (Lipinski definition) is 0. The fourth-order valence-corrected chi connectivity index (χ4v) is 2.10. The molecule has 6 heteroatoms. The third kappa shape index (κ3) is 2.09. The first-order valence-corrected chi connectivity index (χ1v) is 6.75. The molecule has 0 N–H and O–H groups in total. The van der Waals surface area contributed by atoms with Gasteiger partial charge in [-0.25, -0.2) is 8.42 Å². The summed E-state index contributed by atoms with van der Waals surface area (Å²) in [4.78, 5) is 0. The Kier molecular flexibility index (Phi) is 2.12. The summed E-state index contributed by atoms with van der Waals surface area (Å²) in [5.41, 5.74) is 0.449. The van der Waals surface area contributed by atoms with Crippen LogP contribution >= 0.6 is 10.7 Å². The second-order valence-electron chi connectivity index (χ2n) is 3.93. The largest absolute Gasteiger partial charge is 0.361 e. The third-order valence-corrected chi connectivity index (χ3v) is 3.44. The standard InChI is InChI=1S/C8H10ClNO3S/c1-8(2-3-8)7-4-6(10-13-7)5-14(9,11)12/h4H,2-3,5H2,1H3. The van der Waals surface area contributed by atoms with Crippen LogP contribution in [-0.4, -0.2) is 13.6 Å². The van der Waals surface area contributed by atoms with E-state index in [9.17, 15) is 8.42 Å². The van der Waals surface area contributed by atoms with Crippen molar-refractivity contribution in [2.24, 2.45) is 0 Å². The van der Waals surface area contributed by atoms with Crippen LogP contribution in [0.25, 0.3) is 0 Å². The summed E-state index contributed by atoms with van der Waals surface area (Å²) in [6.07, 6.45) is 2.13. The van der Waals surface area contributed by atoms with Gasteiger partial charge in [0.2, 0.25) is 9.05 Å². The molecular weight excluding hydrogens is 226 g/mol. The van der Waals surface area contributed by atoms with Crippen LogP contribution in [0, 0.1) is 0 Å². The summed E-state index contributed by atoms with van der Waals surface area (Å²) in [5.74, 6) is 0.488. The Bertz CT molecular complexity index is 447. The zero-order valence-electron chi connectivity index (χ0n) is 7.66. The van der Waals surface area contributed by atoms with E-state index in [2.05, 4.69) is 12.1 Å². The molecular formula is C8H10ClNO3S. The summed E-state index contributed by atoms with van der Waals surface area (Å²) in [5, 5.41) is 3.67. The van der Waals surface area contributed by atoms with Crippen LogP contribution in [0.4, 0.5) is 0 Å². The summed E-state index contributed by atoms with van der Waals surface area (Å²) < 4.78 is 26.6. The van der Waals surface area contributed by atoms with E-state index in [0.29, 0.717) is 5.69 Å². The predicted octanol–water partition coefficient (Wildman–Crippen LogP) is 1.79. The molecule has 0 aliphatic heterocycles. The molecule has 1 heterocycles. The normalized spacial score (nSPS) is 19.6. The first-order valence-electron chi connectivity index (χ1n) is 4.27. The fourth-order valence-electron chi connectivity index (χ4n) is 1.27. The van der Waals surface area contributed by atoms with E-state index in [1.807, 2.05) is 0 Å². The van der Waals surface area contributed by atoms with E-state index >= 15 is 0 Å². The molecule has 78 valence electrons. The van der Waals surface area contributed by atoms with Crippen LogP contribution in [0.1, 0.15) is 31.2 Å². The lowest BCUT2D eigenvalue weighted by atomic mass is 10.1. The first-order chi connectivity index (χ1) is 6.39. The molecule has 14 heavy (non-hydrogen) atoms. The smallest absolute Gasteiger partial charge is 0.238 e. The molecule has 1 fully saturated rings. The molecule has 1 aliphatic carbocycles. The molecule has 1 aromatic heterocycles. The molecule has 1 aromatic rings. The van der Waals surface area contributed by atoms with Crippen molar-refractivity contribution in [2.75, 3.05) is 0 Å². The molecule has 0 bridgehead atoms. The number of halogens is 1. The van der Waals surface area contributed by atoms with Gasteiger partial charge in [0, 0.05) is 22.2 Å². The molecule has 0 saturated heterocycles. The van der Waals surface area contributed by atoms with Crippen LogP contribution in [0.15, 0.2) is 10.6 Å². The second kappa shape index (κ2) is 2.97. The van der Waals surface area contributed by atoms with E-state index in [1.54, 1.807) is 6.07 Å². The van der Waals surface area contributed by atoms with Gasteiger partial charge in [0.05, 0.1) is 0 Å². The zero-order chi connectivity index (χ0) is 10.4. The zero-order valence-corrected chi connectivity index (χ0v) is 9.23. The van der Waals surface area contributed by atoms with Crippen LogP contribution in [0.3, 0.4) is 0 Å². The second-order valence-corrected chi connectivity index (χ2v) is 6.70. The SMILES string of the molecule is CC1(c2cc(CS(=O)(=O)Cl)no2)CC1. The van der Waals surface area contributed by atoms with Gasteiger partial charge in [-0.1, -0.05) is 12.1 Å². The minimum atomic E-state index is -3.54. The van der Waals surface area contributed by atoms with Gasteiger partial charge in [-0.3, -0.25) is 0 Å². The van der Waals surface area contributed by atoms with Gasteiger partial charge in [0.1, 0.15) is 17.2 Å². The summed E-state index contributed by atoms with van der Waals surface area (Å²) >= 11 is 0. The minimum Gasteiger partial charge on any atom is -0.361 e. The number of rotatable bonds is 3. The lowest BCUT2D eigenvalue weighted by Crippen LogP contribution is -1.97. The van der Waals surface area contributed by atoms with Gasteiger partial charge in [-0.15, -0.1) is 0 Å². The Morgan fingerprint density at radius 1 is 1.64 bits per heavy atom. The van der Waals surface area contributed by atoms with Gasteiger partial charge in [-0.05, 0) is 12.8 Å². The van der Waals surface area contributed by atoms with Gasteiger partial charge >= 0.3 is 0 Å². The Morgan fingerprint density at radius 2 is 2.29 bits per heavy atom. The Morgan fingerprint density at radius 3 is 2.79 bits per heavy atom. The van der Waals surface area contributed by atoms with E-state index < -0.39 is 9.05 Å². The molecule has 0 aromatic carbocycles. The van der Waals surface area contributed by atoms with Gasteiger partial charge in [0.25, 0.3) is 0 Å². The van der Waals surface area contributed by atoms with E-state index in [-0.39, 0.29) is 11.2 Å². The molecule has 2 rings (SSSR count).